The summed E-state index contributed by atoms with van der Waals surface area (Å²) in [7, 11) is 1.66. The number of nitrogen functional groups attached to an aromatic ring is 1. The topological polar surface area (TPSA) is 60.2 Å². The van der Waals surface area contributed by atoms with E-state index in [4.69, 9.17) is 10.6 Å². The van der Waals surface area contributed by atoms with Crippen LogP contribution in [0.2, 0.25) is 0 Å². The summed E-state index contributed by atoms with van der Waals surface area (Å²) in [6.45, 7) is 4.07. The Morgan fingerprint density at radius 2 is 2.12 bits per heavy atom. The van der Waals surface area contributed by atoms with Gasteiger partial charge in [0.25, 0.3) is 0 Å². The van der Waals surface area contributed by atoms with Crippen LogP contribution in [0.5, 0.6) is 5.75 Å². The van der Waals surface area contributed by atoms with Crippen LogP contribution in [0.15, 0.2) is 18.2 Å². The Labute approximate surface area is 104 Å². The summed E-state index contributed by atoms with van der Waals surface area (Å²) in [6.07, 6.45) is 0. The smallest absolute Gasteiger partial charge is 0.197 e. The first-order chi connectivity index (χ1) is 8.15. The number of thiazole rings is 1. The van der Waals surface area contributed by atoms with Crippen LogP contribution in [-0.4, -0.2) is 12.1 Å². The van der Waals surface area contributed by atoms with E-state index >= 15 is 0 Å². The molecule has 0 saturated carbocycles. The first-order valence-corrected chi connectivity index (χ1v) is 6.06. The lowest BCUT2D eigenvalue weighted by Gasteiger charge is -2.08. The Hall–Kier alpha value is -1.59. The minimum absolute atomic E-state index is 0.709. The van der Waals surface area contributed by atoms with Crippen LogP contribution in [0.25, 0.3) is 11.3 Å². The van der Waals surface area contributed by atoms with Crippen molar-refractivity contribution in [2.24, 2.45) is 5.84 Å². The van der Waals surface area contributed by atoms with Crippen molar-refractivity contribution in [3.05, 3.63) is 28.6 Å². The number of hydrogen-bond donors (Lipinski definition) is 2. The first-order valence-electron chi connectivity index (χ1n) is 5.24. The predicted octanol–water partition coefficient (Wildman–Crippen LogP) is 2.72. The van der Waals surface area contributed by atoms with Gasteiger partial charge in [-0.2, -0.15) is 0 Å². The molecule has 0 spiro atoms. The van der Waals surface area contributed by atoms with Crippen molar-refractivity contribution in [2.45, 2.75) is 13.8 Å². The molecule has 3 N–H and O–H groups in total. The number of nitrogens with zero attached hydrogens (tertiary/aromatic N) is 1. The summed E-state index contributed by atoms with van der Waals surface area (Å²) in [4.78, 5) is 5.56. The van der Waals surface area contributed by atoms with Gasteiger partial charge in [-0.3, -0.25) is 5.43 Å². The monoisotopic (exact) mass is 249 g/mol. The van der Waals surface area contributed by atoms with Gasteiger partial charge >= 0.3 is 0 Å². The molecule has 1 aromatic carbocycles. The molecule has 0 radical (unpaired) electrons. The van der Waals surface area contributed by atoms with Crippen LogP contribution in [0, 0.1) is 13.8 Å². The molecule has 17 heavy (non-hydrogen) atoms. The number of hydrazine groups is 1. The van der Waals surface area contributed by atoms with Gasteiger partial charge in [-0.1, -0.05) is 11.6 Å². The number of benzene rings is 1. The minimum atomic E-state index is 0.709. The van der Waals surface area contributed by atoms with Gasteiger partial charge in [0, 0.05) is 10.4 Å². The standard InChI is InChI=1S/C12H15N3OS/c1-7-4-5-10(16-3)9(6-7)11-8(2)17-12(14-11)15-13/h4-6H,13H2,1-3H3,(H,14,15). The number of rotatable bonds is 3. The van der Waals surface area contributed by atoms with Crippen molar-refractivity contribution in [1.29, 1.82) is 0 Å². The normalized spacial score (nSPS) is 10.4. The average Bonchev–Trinajstić information content (AvgIpc) is 2.70. The maximum Gasteiger partial charge on any atom is 0.197 e. The molecule has 0 bridgehead atoms. The van der Waals surface area contributed by atoms with Gasteiger partial charge < -0.3 is 4.74 Å². The lowest BCUT2D eigenvalue weighted by Crippen LogP contribution is -2.05. The summed E-state index contributed by atoms with van der Waals surface area (Å²) < 4.78 is 5.37. The van der Waals surface area contributed by atoms with Crippen LogP contribution < -0.4 is 16.0 Å². The molecule has 2 rings (SSSR count). The van der Waals surface area contributed by atoms with Crippen molar-refractivity contribution in [1.82, 2.24) is 4.98 Å². The zero-order chi connectivity index (χ0) is 12.4. The average molecular weight is 249 g/mol. The van der Waals surface area contributed by atoms with E-state index in [9.17, 15) is 0 Å². The molecule has 0 atom stereocenters. The number of hydrogen-bond acceptors (Lipinski definition) is 5. The van der Waals surface area contributed by atoms with Crippen molar-refractivity contribution < 1.29 is 4.74 Å². The summed E-state index contributed by atoms with van der Waals surface area (Å²) >= 11 is 1.53. The molecular weight excluding hydrogens is 234 g/mol. The van der Waals surface area contributed by atoms with Crippen molar-refractivity contribution in [2.75, 3.05) is 12.5 Å². The van der Waals surface area contributed by atoms with Gasteiger partial charge in [-0.15, -0.1) is 11.3 Å². The summed E-state index contributed by atoms with van der Waals surface area (Å²) in [5, 5.41) is 0.709. The quantitative estimate of drug-likeness (QED) is 0.648. The van der Waals surface area contributed by atoms with Gasteiger partial charge in [0.1, 0.15) is 5.75 Å². The SMILES string of the molecule is COc1ccc(C)cc1-c1nc(NN)sc1C. The van der Waals surface area contributed by atoms with E-state index < -0.39 is 0 Å². The molecule has 90 valence electrons. The van der Waals surface area contributed by atoms with E-state index in [1.165, 1.54) is 16.9 Å². The van der Waals surface area contributed by atoms with Gasteiger partial charge in [0.2, 0.25) is 0 Å². The van der Waals surface area contributed by atoms with Crippen LogP contribution in [-0.2, 0) is 0 Å². The molecule has 5 heteroatoms. The zero-order valence-corrected chi connectivity index (χ0v) is 10.9. The maximum atomic E-state index is 5.38. The fourth-order valence-corrected chi connectivity index (χ4v) is 2.45. The Kier molecular flexibility index (Phi) is 3.31. The zero-order valence-electron chi connectivity index (χ0n) is 10.1. The second-order valence-electron chi connectivity index (χ2n) is 3.77. The molecule has 1 aromatic heterocycles. The van der Waals surface area contributed by atoms with E-state index in [0.717, 1.165) is 21.9 Å². The molecule has 0 aliphatic carbocycles. The second kappa shape index (κ2) is 4.73. The molecule has 0 fully saturated rings. The molecular formula is C12H15N3OS. The van der Waals surface area contributed by atoms with Crippen molar-refractivity contribution >= 4 is 16.5 Å². The highest BCUT2D eigenvalue weighted by molar-refractivity contribution is 7.15. The molecule has 0 aliphatic heterocycles. The van der Waals surface area contributed by atoms with Crippen LogP contribution in [0.3, 0.4) is 0 Å². The Morgan fingerprint density at radius 1 is 1.35 bits per heavy atom. The number of aromatic nitrogens is 1. The number of aryl methyl sites for hydroxylation is 2. The molecule has 0 unspecified atom stereocenters. The Morgan fingerprint density at radius 3 is 2.71 bits per heavy atom. The minimum Gasteiger partial charge on any atom is -0.496 e. The highest BCUT2D eigenvalue weighted by Gasteiger charge is 2.13. The maximum absolute atomic E-state index is 5.38. The number of nitrogens with two attached hydrogens (primary N) is 1. The number of methoxy groups -OCH3 is 1. The van der Waals surface area contributed by atoms with Crippen LogP contribution >= 0.6 is 11.3 Å². The third-order valence-electron chi connectivity index (χ3n) is 2.53. The molecule has 4 nitrogen and oxygen atoms in total. The second-order valence-corrected chi connectivity index (χ2v) is 4.98. The number of nitrogens with one attached hydrogen (secondary N) is 1. The number of ether oxygens (including phenoxy) is 1. The van der Waals surface area contributed by atoms with Crippen molar-refractivity contribution in [3.63, 3.8) is 0 Å². The predicted molar refractivity (Wildman–Crippen MR) is 71.4 cm³/mol. The van der Waals surface area contributed by atoms with Crippen LogP contribution in [0.1, 0.15) is 10.4 Å². The van der Waals surface area contributed by atoms with Gasteiger partial charge in [0.05, 0.1) is 12.8 Å². The molecule has 0 saturated heterocycles. The molecule has 0 aliphatic rings. The summed E-state index contributed by atoms with van der Waals surface area (Å²) in [6, 6.07) is 6.05. The fraction of sp³-hybridized carbons (Fsp3) is 0.250. The first kappa shape index (κ1) is 11.9. The van der Waals surface area contributed by atoms with E-state index in [1.807, 2.05) is 26.0 Å². The summed E-state index contributed by atoms with van der Waals surface area (Å²) in [5.74, 6) is 6.20. The van der Waals surface area contributed by atoms with Gasteiger partial charge in [-0.05, 0) is 26.0 Å². The number of anilines is 1. The van der Waals surface area contributed by atoms with Crippen LogP contribution in [0.4, 0.5) is 5.13 Å². The largest absolute Gasteiger partial charge is 0.496 e. The highest BCUT2D eigenvalue weighted by atomic mass is 32.1. The van der Waals surface area contributed by atoms with Gasteiger partial charge in [-0.25, -0.2) is 10.8 Å². The fourth-order valence-electron chi connectivity index (χ4n) is 1.71. The third-order valence-corrected chi connectivity index (χ3v) is 3.43. The summed E-state index contributed by atoms with van der Waals surface area (Å²) in [5.41, 5.74) is 5.68. The molecule has 1 heterocycles. The molecule has 0 amide bonds. The van der Waals surface area contributed by atoms with E-state index in [2.05, 4.69) is 16.5 Å². The van der Waals surface area contributed by atoms with Crippen molar-refractivity contribution in [3.8, 4) is 17.0 Å². The van der Waals surface area contributed by atoms with E-state index in [0.29, 0.717) is 5.13 Å². The highest BCUT2D eigenvalue weighted by Crippen LogP contribution is 2.36. The Balaban J connectivity index is 2.58. The van der Waals surface area contributed by atoms with Gasteiger partial charge in [0.15, 0.2) is 5.13 Å². The third kappa shape index (κ3) is 2.25. The van der Waals surface area contributed by atoms with E-state index in [1.54, 1.807) is 7.11 Å². The Bertz CT molecular complexity index is 537. The lowest BCUT2D eigenvalue weighted by atomic mass is 10.1. The lowest BCUT2D eigenvalue weighted by molar-refractivity contribution is 0.416. The molecule has 2 aromatic rings. The van der Waals surface area contributed by atoms with E-state index in [-0.39, 0.29) is 0 Å².